The van der Waals surface area contributed by atoms with Crippen LogP contribution < -0.4 is 0 Å². The van der Waals surface area contributed by atoms with E-state index < -0.39 is 0 Å². The molecule has 2 aliphatic carbocycles. The summed E-state index contributed by atoms with van der Waals surface area (Å²) in [7, 11) is 0. The van der Waals surface area contributed by atoms with Crippen molar-refractivity contribution in [1.29, 1.82) is 0 Å². The fraction of sp³-hybridized carbons (Fsp3) is 0.733. The van der Waals surface area contributed by atoms with Gasteiger partial charge in [0, 0.05) is 22.8 Å². The number of hydrogen-bond donors (Lipinski definition) is 0. The van der Waals surface area contributed by atoms with E-state index in [1.54, 1.807) is 0 Å². The first-order chi connectivity index (χ1) is 8.41. The van der Waals surface area contributed by atoms with Crippen LogP contribution in [-0.4, -0.2) is 18.4 Å². The molecule has 1 aliphatic heterocycles. The predicted molar refractivity (Wildman–Crippen MR) is 66.7 cm³/mol. The Labute approximate surface area is 108 Å². The third-order valence-corrected chi connectivity index (χ3v) is 5.67. The molecular formula is C15H20O3. The molecule has 98 valence electrons. The monoisotopic (exact) mass is 248 g/mol. The summed E-state index contributed by atoms with van der Waals surface area (Å²) in [6.07, 6.45) is 4.96. The summed E-state index contributed by atoms with van der Waals surface area (Å²) < 4.78 is 5.56. The van der Waals surface area contributed by atoms with Crippen molar-refractivity contribution in [3.8, 4) is 0 Å². The molecule has 0 radical (unpaired) electrons. The second-order valence-electron chi connectivity index (χ2n) is 6.80. The third kappa shape index (κ3) is 1.30. The predicted octanol–water partition coefficient (Wildman–Crippen LogP) is 2.50. The summed E-state index contributed by atoms with van der Waals surface area (Å²) >= 11 is 0. The fourth-order valence-corrected chi connectivity index (χ4v) is 4.60. The minimum absolute atomic E-state index is 0.124. The van der Waals surface area contributed by atoms with E-state index in [0.29, 0.717) is 5.57 Å². The molecule has 0 aromatic heterocycles. The molecule has 0 aromatic rings. The highest BCUT2D eigenvalue weighted by atomic mass is 16.6. The van der Waals surface area contributed by atoms with Gasteiger partial charge in [-0.25, -0.2) is 4.79 Å². The Kier molecular flexibility index (Phi) is 2.30. The lowest BCUT2D eigenvalue weighted by molar-refractivity contribution is -0.150. The van der Waals surface area contributed by atoms with E-state index in [-0.39, 0.29) is 34.7 Å². The van der Waals surface area contributed by atoms with Crippen molar-refractivity contribution >= 4 is 12.3 Å². The molecule has 3 nitrogen and oxygen atoms in total. The second-order valence-corrected chi connectivity index (χ2v) is 6.80. The van der Waals surface area contributed by atoms with E-state index in [1.807, 2.05) is 6.92 Å². The number of carbonyl (C=O) groups excluding carboxylic acids is 2. The van der Waals surface area contributed by atoms with Crippen LogP contribution in [0.25, 0.3) is 0 Å². The summed E-state index contributed by atoms with van der Waals surface area (Å²) in [5.74, 6) is 0.0341. The van der Waals surface area contributed by atoms with Crippen LogP contribution in [-0.2, 0) is 14.3 Å². The van der Waals surface area contributed by atoms with Gasteiger partial charge in [0.05, 0.1) is 0 Å². The van der Waals surface area contributed by atoms with Crippen molar-refractivity contribution in [1.82, 2.24) is 0 Å². The van der Waals surface area contributed by atoms with Crippen LogP contribution in [0, 0.1) is 22.7 Å². The lowest BCUT2D eigenvalue weighted by atomic mass is 9.59. The molecular weight excluding hydrogens is 228 g/mol. The van der Waals surface area contributed by atoms with Crippen LogP contribution >= 0.6 is 0 Å². The first kappa shape index (κ1) is 11.9. The van der Waals surface area contributed by atoms with Gasteiger partial charge in [0.25, 0.3) is 0 Å². The van der Waals surface area contributed by atoms with Crippen LogP contribution in [0.2, 0.25) is 0 Å². The smallest absolute Gasteiger partial charge is 0.334 e. The van der Waals surface area contributed by atoms with E-state index in [0.717, 1.165) is 32.0 Å². The number of esters is 1. The van der Waals surface area contributed by atoms with Gasteiger partial charge in [-0.15, -0.1) is 0 Å². The van der Waals surface area contributed by atoms with Gasteiger partial charge < -0.3 is 9.53 Å². The molecule has 18 heavy (non-hydrogen) atoms. The van der Waals surface area contributed by atoms with Gasteiger partial charge in [0.2, 0.25) is 0 Å². The molecule has 0 spiro atoms. The molecule has 0 N–H and O–H groups in total. The highest BCUT2D eigenvalue weighted by Gasteiger charge is 2.62. The number of hydrogen-bond acceptors (Lipinski definition) is 3. The zero-order valence-electron chi connectivity index (χ0n) is 11.1. The number of rotatable bonds is 1. The Morgan fingerprint density at radius 2 is 2.06 bits per heavy atom. The van der Waals surface area contributed by atoms with Crippen molar-refractivity contribution in [2.45, 2.75) is 45.6 Å². The maximum absolute atomic E-state index is 11.7. The average molecular weight is 248 g/mol. The summed E-state index contributed by atoms with van der Waals surface area (Å²) in [5, 5.41) is 0. The number of fused-ring (bicyclic) bond motifs is 3. The minimum Gasteiger partial charge on any atom is -0.458 e. The highest BCUT2D eigenvalue weighted by Crippen LogP contribution is 2.63. The Hall–Kier alpha value is -1.12. The van der Waals surface area contributed by atoms with Gasteiger partial charge >= 0.3 is 5.97 Å². The van der Waals surface area contributed by atoms with Gasteiger partial charge in [-0.1, -0.05) is 20.4 Å². The Balaban J connectivity index is 2.03. The largest absolute Gasteiger partial charge is 0.458 e. The molecule has 0 amide bonds. The van der Waals surface area contributed by atoms with Crippen molar-refractivity contribution in [2.75, 3.05) is 0 Å². The minimum atomic E-state index is -0.344. The SMILES string of the molecule is C=C1C(=O)O[C@@H]2[C@@H]3[C@@](C)(CC[C@@H]12)CC[C@@]3(C)C=O. The molecule has 3 rings (SSSR count). The number of aldehydes is 1. The molecule has 2 saturated carbocycles. The Bertz CT molecular complexity index is 441. The lowest BCUT2D eigenvalue weighted by Gasteiger charge is -2.46. The summed E-state index contributed by atoms with van der Waals surface area (Å²) in [5.41, 5.74) is 0.409. The first-order valence-electron chi connectivity index (χ1n) is 6.77. The van der Waals surface area contributed by atoms with E-state index in [4.69, 9.17) is 4.74 Å². The molecule has 0 bridgehead atoms. The third-order valence-electron chi connectivity index (χ3n) is 5.67. The van der Waals surface area contributed by atoms with Crippen molar-refractivity contribution in [3.63, 3.8) is 0 Å². The van der Waals surface area contributed by atoms with Crippen LogP contribution in [0.5, 0.6) is 0 Å². The maximum Gasteiger partial charge on any atom is 0.334 e. The molecule has 3 aliphatic rings. The fourth-order valence-electron chi connectivity index (χ4n) is 4.60. The molecule has 1 heterocycles. The molecule has 3 heteroatoms. The van der Waals surface area contributed by atoms with Crippen LogP contribution in [0.15, 0.2) is 12.2 Å². The molecule has 3 fully saturated rings. The van der Waals surface area contributed by atoms with Gasteiger partial charge in [0.1, 0.15) is 12.4 Å². The average Bonchev–Trinajstić information content (AvgIpc) is 2.77. The van der Waals surface area contributed by atoms with Gasteiger partial charge in [-0.05, 0) is 31.1 Å². The highest BCUT2D eigenvalue weighted by molar-refractivity contribution is 5.91. The molecule has 0 unspecified atom stereocenters. The second kappa shape index (κ2) is 3.46. The topological polar surface area (TPSA) is 43.4 Å². The van der Waals surface area contributed by atoms with Crippen molar-refractivity contribution in [2.24, 2.45) is 22.7 Å². The normalized spacial score (nSPS) is 50.7. The van der Waals surface area contributed by atoms with Crippen LogP contribution in [0.1, 0.15) is 39.5 Å². The first-order valence-corrected chi connectivity index (χ1v) is 6.77. The number of ether oxygens (including phenoxy) is 1. The molecule has 1 saturated heterocycles. The van der Waals surface area contributed by atoms with Crippen molar-refractivity contribution < 1.29 is 14.3 Å². The van der Waals surface area contributed by atoms with E-state index in [1.165, 1.54) is 0 Å². The Morgan fingerprint density at radius 1 is 1.33 bits per heavy atom. The van der Waals surface area contributed by atoms with Gasteiger partial charge in [0.15, 0.2) is 0 Å². The van der Waals surface area contributed by atoms with E-state index in [2.05, 4.69) is 13.5 Å². The maximum atomic E-state index is 11.7. The quantitative estimate of drug-likeness (QED) is 0.407. The molecule has 0 aromatic carbocycles. The van der Waals surface area contributed by atoms with Gasteiger partial charge in [-0.2, -0.15) is 0 Å². The summed E-state index contributed by atoms with van der Waals surface area (Å²) in [6.45, 7) is 8.14. The summed E-state index contributed by atoms with van der Waals surface area (Å²) in [4.78, 5) is 23.2. The zero-order chi connectivity index (χ0) is 13.1. The van der Waals surface area contributed by atoms with Crippen molar-refractivity contribution in [3.05, 3.63) is 12.2 Å². The standard InChI is InChI=1S/C15H20O3/c1-9-10-4-5-14(2)6-7-15(3,8-16)12(14)11(10)18-13(9)17/h8,10-12H,1,4-7H2,2-3H3/t10-,11-,12+,14-,15-/m0/s1. The number of carbonyl (C=O) groups is 2. The lowest BCUT2D eigenvalue weighted by Crippen LogP contribution is -2.47. The van der Waals surface area contributed by atoms with E-state index in [9.17, 15) is 9.59 Å². The van der Waals surface area contributed by atoms with Crippen LogP contribution in [0.4, 0.5) is 0 Å². The van der Waals surface area contributed by atoms with E-state index >= 15 is 0 Å². The Morgan fingerprint density at radius 3 is 2.72 bits per heavy atom. The van der Waals surface area contributed by atoms with Crippen LogP contribution in [0.3, 0.4) is 0 Å². The zero-order valence-corrected chi connectivity index (χ0v) is 11.1. The van der Waals surface area contributed by atoms with Gasteiger partial charge in [-0.3, -0.25) is 0 Å². The summed E-state index contributed by atoms with van der Waals surface area (Å²) in [6, 6.07) is 0. The molecule has 5 atom stereocenters.